The molecule has 0 bridgehead atoms. The second kappa shape index (κ2) is 5.65. The summed E-state index contributed by atoms with van der Waals surface area (Å²) in [6.45, 7) is 0. The molecule has 0 aromatic heterocycles. The van der Waals surface area contributed by atoms with Crippen molar-refractivity contribution >= 4 is 62.3 Å². The molecule has 0 nitrogen and oxygen atoms in total. The Balaban J connectivity index is 2.83. The van der Waals surface area contributed by atoms with E-state index < -0.39 is 0 Å². The van der Waals surface area contributed by atoms with Crippen molar-refractivity contribution in [2.45, 2.75) is 0 Å². The van der Waals surface area contributed by atoms with Gasteiger partial charge in [-0.1, -0.05) is 0 Å². The zero-order valence-electron chi connectivity index (χ0n) is 5.70. The van der Waals surface area contributed by atoms with Gasteiger partial charge in [0.2, 0.25) is 0 Å². The predicted molar refractivity (Wildman–Crippen MR) is 62.6 cm³/mol. The molecule has 44 valence electrons. The number of hydrogen-bond donors (Lipinski definition) is 0. The van der Waals surface area contributed by atoms with Crippen LogP contribution in [0.2, 0.25) is 0 Å². The van der Waals surface area contributed by atoms with Crippen LogP contribution in [-0.4, -0.2) is 62.3 Å². The van der Waals surface area contributed by atoms with Gasteiger partial charge in [0.25, 0.3) is 0 Å². The van der Waals surface area contributed by atoms with Gasteiger partial charge in [0.05, 0.1) is 0 Å². The van der Waals surface area contributed by atoms with Crippen LogP contribution in [0.15, 0.2) is 0 Å². The van der Waals surface area contributed by atoms with Crippen LogP contribution in [0.3, 0.4) is 0 Å². The predicted octanol–water partition coefficient (Wildman–Crippen LogP) is -6.95. The van der Waals surface area contributed by atoms with Gasteiger partial charge in [-0.05, 0) is 62.3 Å². The molecule has 0 aromatic rings. The molecule has 0 aliphatic carbocycles. The molecule has 0 fully saturated rings. The Morgan fingerprint density at radius 1 is 1.29 bits per heavy atom. The van der Waals surface area contributed by atoms with Gasteiger partial charge in [-0.2, -0.15) is 0 Å². The lowest BCUT2D eigenvalue weighted by Gasteiger charge is -1.98. The van der Waals surface area contributed by atoms with E-state index in [2.05, 4.69) is 0 Å². The first-order valence-corrected chi connectivity index (χ1v) is 29.8. The highest BCUT2D eigenvalue weighted by atomic mass is 30.1. The summed E-state index contributed by atoms with van der Waals surface area (Å²) < 4.78 is 0. The number of hydrogen-bond acceptors (Lipinski definition) is 0. The Morgan fingerprint density at radius 3 is 2.00 bits per heavy atom. The molecular weight excluding hydrogens is 197 g/mol. The van der Waals surface area contributed by atoms with E-state index in [1.807, 2.05) is 0 Å². The Hall–Kier alpha value is 1.52. The van der Waals surface area contributed by atoms with Gasteiger partial charge in [-0.25, -0.2) is 0 Å². The summed E-state index contributed by atoms with van der Waals surface area (Å²) in [4.78, 5) is 0. The van der Waals surface area contributed by atoms with Crippen molar-refractivity contribution in [2.24, 2.45) is 0 Å². The maximum atomic E-state index is 1.75. The third-order valence-electron chi connectivity index (χ3n) is 1.48. The Morgan fingerprint density at radius 2 is 1.86 bits per heavy atom. The van der Waals surface area contributed by atoms with Gasteiger partial charge in [0.1, 0.15) is 0 Å². The van der Waals surface area contributed by atoms with E-state index in [4.69, 9.17) is 0 Å². The summed E-state index contributed by atoms with van der Waals surface area (Å²) in [6, 6.07) is 0. The van der Waals surface area contributed by atoms with Crippen LogP contribution >= 0.6 is 0 Å². The second-order valence-corrected chi connectivity index (χ2v) is 62.2. The maximum absolute atomic E-state index is 1.75. The van der Waals surface area contributed by atoms with Gasteiger partial charge in [-0.3, -0.25) is 0 Å². The van der Waals surface area contributed by atoms with Crippen LogP contribution in [0.1, 0.15) is 0 Å². The average molecular weight is 213 g/mol. The molecule has 0 saturated carbocycles. The summed E-state index contributed by atoms with van der Waals surface area (Å²) >= 11 is 0. The van der Waals surface area contributed by atoms with Gasteiger partial charge < -0.3 is 0 Å². The molecule has 1 unspecified atom stereocenters. The molecule has 7 heteroatoms. The summed E-state index contributed by atoms with van der Waals surface area (Å²) in [5.41, 5.74) is 0. The fourth-order valence-electron chi connectivity index (χ4n) is 0.697. The standard InChI is InChI=1S/H16Si7/c1-4-6-7(3)5-2/h7H,4-6H2,1-3H3. The van der Waals surface area contributed by atoms with E-state index in [0.717, 1.165) is 25.7 Å². The fraction of sp³-hybridized carbons (Fsp3) is 0. The van der Waals surface area contributed by atoms with Crippen LogP contribution < -0.4 is 0 Å². The van der Waals surface area contributed by atoms with Crippen molar-refractivity contribution in [1.82, 2.24) is 0 Å². The van der Waals surface area contributed by atoms with E-state index in [-0.39, 0.29) is 0 Å². The smallest absolute Gasteiger partial charge is 0.00752 e. The lowest BCUT2D eigenvalue weighted by Crippen LogP contribution is -2.35. The molecule has 0 radical (unpaired) electrons. The first kappa shape index (κ1) is 8.52. The SMILES string of the molecule is [SiH3][SiH2][SiH2][SiH]([SiH3])[SiH2][SiH3]. The molecule has 0 rings (SSSR count). The number of rotatable bonds is 3. The van der Waals surface area contributed by atoms with E-state index in [9.17, 15) is 0 Å². The van der Waals surface area contributed by atoms with E-state index >= 15 is 0 Å². The van der Waals surface area contributed by atoms with Crippen molar-refractivity contribution in [1.29, 1.82) is 0 Å². The maximum Gasteiger partial charge on any atom is -0.00752 e. The van der Waals surface area contributed by atoms with Gasteiger partial charge in [0.15, 0.2) is 0 Å². The van der Waals surface area contributed by atoms with Gasteiger partial charge >= 0.3 is 0 Å². The lowest BCUT2D eigenvalue weighted by molar-refractivity contribution is 3.79. The van der Waals surface area contributed by atoms with E-state index in [1.54, 1.807) is 29.3 Å². The van der Waals surface area contributed by atoms with Crippen molar-refractivity contribution in [3.8, 4) is 0 Å². The average Bonchev–Trinajstić information content (AvgIpc) is 1.68. The molecule has 0 spiro atoms. The van der Waals surface area contributed by atoms with Crippen molar-refractivity contribution < 1.29 is 0 Å². The summed E-state index contributed by atoms with van der Waals surface area (Å²) in [5.74, 6) is 0. The fourth-order valence-corrected chi connectivity index (χ4v) is 169. The molecule has 0 aromatic carbocycles. The van der Waals surface area contributed by atoms with Gasteiger partial charge in [-0.15, -0.1) is 0 Å². The normalized spacial score (nSPS) is 20.6. The highest BCUT2D eigenvalue weighted by Crippen LogP contribution is 1.59. The van der Waals surface area contributed by atoms with E-state index in [1.165, 1.54) is 0 Å². The molecule has 0 aliphatic rings. The minimum Gasteiger partial charge on any atom is -0.0120 e. The Kier molecular flexibility index (Phi) is 6.88. The van der Waals surface area contributed by atoms with Crippen molar-refractivity contribution in [3.63, 3.8) is 0 Å². The minimum atomic E-state index is 0.394. The Bertz CT molecular complexity index is 31.0. The van der Waals surface area contributed by atoms with Crippen LogP contribution in [0.4, 0.5) is 0 Å². The minimum absolute atomic E-state index is 0.394. The molecule has 7 heavy (non-hydrogen) atoms. The summed E-state index contributed by atoms with van der Waals surface area (Å²) in [6.07, 6.45) is 0. The summed E-state index contributed by atoms with van der Waals surface area (Å²) in [5, 5.41) is 0. The monoisotopic (exact) mass is 212 g/mol. The molecule has 0 saturated heterocycles. The van der Waals surface area contributed by atoms with Crippen LogP contribution in [-0.2, 0) is 0 Å². The third kappa shape index (κ3) is 5.39. The summed E-state index contributed by atoms with van der Waals surface area (Å²) in [7, 11) is 7.94. The van der Waals surface area contributed by atoms with Gasteiger partial charge in [0, 0.05) is 0 Å². The second-order valence-electron chi connectivity index (χ2n) is 2.30. The molecule has 1 atom stereocenters. The van der Waals surface area contributed by atoms with Crippen molar-refractivity contribution in [3.05, 3.63) is 0 Å². The highest BCUT2D eigenvalue weighted by Gasteiger charge is 1.96. The highest BCUT2D eigenvalue weighted by molar-refractivity contribution is 7.73. The topological polar surface area (TPSA) is 0 Å². The van der Waals surface area contributed by atoms with Crippen LogP contribution in [0.5, 0.6) is 0 Å². The molecule has 0 heterocycles. The van der Waals surface area contributed by atoms with Crippen LogP contribution in [0, 0.1) is 0 Å². The zero-order chi connectivity index (χ0) is 5.70. The quantitative estimate of drug-likeness (QED) is 0.408. The first-order valence-electron chi connectivity index (χ1n) is 3.31. The largest absolute Gasteiger partial charge is 0.0120 e. The lowest BCUT2D eigenvalue weighted by atomic mass is 26.1. The molecular formula is H16Si7. The molecule has 0 aliphatic heterocycles. The Labute approximate surface area is 62.3 Å². The molecule has 0 amide bonds. The molecule has 0 N–H and O–H groups in total. The first-order chi connectivity index (χ1) is 3.31. The van der Waals surface area contributed by atoms with E-state index in [0.29, 0.717) is 7.35 Å². The zero-order valence-corrected chi connectivity index (χ0v) is 17.1. The third-order valence-corrected chi connectivity index (χ3v) is 120. The van der Waals surface area contributed by atoms with Crippen LogP contribution in [0.25, 0.3) is 0 Å². The van der Waals surface area contributed by atoms with Crippen molar-refractivity contribution in [2.75, 3.05) is 0 Å².